The molecular weight excluding hydrogens is 829 g/mol. The molecule has 390 valence electrons. The molecule has 0 aromatic carbocycles. The van der Waals surface area contributed by atoms with Crippen LogP contribution in [0.3, 0.4) is 0 Å². The van der Waals surface area contributed by atoms with E-state index in [0.29, 0.717) is 19.3 Å². The van der Waals surface area contributed by atoms with E-state index in [4.69, 9.17) is 14.2 Å². The van der Waals surface area contributed by atoms with Crippen LogP contribution in [0.15, 0.2) is 48.6 Å². The Hall–Kier alpha value is -2.63. The van der Waals surface area contributed by atoms with Crippen LogP contribution in [-0.2, 0) is 28.6 Å². The maximum atomic E-state index is 12.9. The average molecular weight is 940 g/mol. The van der Waals surface area contributed by atoms with Crippen molar-refractivity contribution in [1.82, 2.24) is 0 Å². The van der Waals surface area contributed by atoms with Gasteiger partial charge in [-0.3, -0.25) is 14.4 Å². The van der Waals surface area contributed by atoms with Crippen molar-refractivity contribution in [3.63, 3.8) is 0 Å². The molecule has 0 aromatic heterocycles. The summed E-state index contributed by atoms with van der Waals surface area (Å²) in [5.74, 6) is -0.879. The van der Waals surface area contributed by atoms with Crippen LogP contribution in [0, 0.1) is 0 Å². The lowest BCUT2D eigenvalue weighted by Gasteiger charge is -2.18. The van der Waals surface area contributed by atoms with Crippen molar-refractivity contribution in [1.29, 1.82) is 0 Å². The fraction of sp³-hybridized carbons (Fsp3) is 0.820. The molecule has 0 aliphatic carbocycles. The second-order valence-corrected chi connectivity index (χ2v) is 19.5. The zero-order chi connectivity index (χ0) is 48.6. The summed E-state index contributed by atoms with van der Waals surface area (Å²) in [5.41, 5.74) is 0. The minimum atomic E-state index is -0.779. The van der Waals surface area contributed by atoms with E-state index >= 15 is 0 Å². The quantitative estimate of drug-likeness (QED) is 0.0262. The third-order valence-electron chi connectivity index (χ3n) is 12.8. The van der Waals surface area contributed by atoms with Crippen LogP contribution >= 0.6 is 0 Å². The maximum Gasteiger partial charge on any atom is 0.306 e. The van der Waals surface area contributed by atoms with Crippen molar-refractivity contribution in [3.8, 4) is 0 Å². The van der Waals surface area contributed by atoms with Gasteiger partial charge < -0.3 is 14.2 Å². The summed E-state index contributed by atoms with van der Waals surface area (Å²) in [6.07, 6.45) is 68.1. The number of allylic oxidation sites excluding steroid dienone is 8. The van der Waals surface area contributed by atoms with Crippen molar-refractivity contribution < 1.29 is 28.6 Å². The summed E-state index contributed by atoms with van der Waals surface area (Å²) in [4.78, 5) is 38.2. The Morgan fingerprint density at radius 1 is 0.313 bits per heavy atom. The van der Waals surface area contributed by atoms with Gasteiger partial charge in [0.15, 0.2) is 6.10 Å². The van der Waals surface area contributed by atoms with Crippen LogP contribution in [0.2, 0.25) is 0 Å². The molecule has 0 amide bonds. The fourth-order valence-corrected chi connectivity index (χ4v) is 8.45. The highest BCUT2D eigenvalue weighted by Crippen LogP contribution is 2.16. The molecular formula is C61H110O6. The van der Waals surface area contributed by atoms with E-state index < -0.39 is 6.10 Å². The first-order chi connectivity index (χ1) is 33.0. The summed E-state index contributed by atoms with van der Waals surface area (Å²) < 4.78 is 16.9. The molecule has 0 N–H and O–H groups in total. The Labute approximate surface area is 416 Å². The highest BCUT2D eigenvalue weighted by Gasteiger charge is 2.19. The van der Waals surface area contributed by atoms with Gasteiger partial charge in [-0.25, -0.2) is 0 Å². The van der Waals surface area contributed by atoms with Gasteiger partial charge in [-0.05, 0) is 77.0 Å². The van der Waals surface area contributed by atoms with Crippen molar-refractivity contribution in [2.24, 2.45) is 0 Å². The van der Waals surface area contributed by atoms with Gasteiger partial charge in [0.2, 0.25) is 0 Å². The molecule has 0 bridgehead atoms. The molecule has 67 heavy (non-hydrogen) atoms. The van der Waals surface area contributed by atoms with Crippen LogP contribution in [0.5, 0.6) is 0 Å². The van der Waals surface area contributed by atoms with E-state index in [1.54, 1.807) is 0 Å². The molecule has 0 aliphatic heterocycles. The van der Waals surface area contributed by atoms with Gasteiger partial charge in [-0.2, -0.15) is 0 Å². The van der Waals surface area contributed by atoms with Gasteiger partial charge in [0.1, 0.15) is 13.2 Å². The SMILES string of the molecule is CC/C=C\C/C=C\C/C=C\CCCCCCCCCC(=O)OCC(COC(=O)CCCCCCCCCCCCCCCCCC)OC(=O)CCCCCCC/C=C\CCCCCCCCC. The predicted octanol–water partition coefficient (Wildman–Crippen LogP) is 19.4. The van der Waals surface area contributed by atoms with Crippen LogP contribution < -0.4 is 0 Å². The normalized spacial score (nSPS) is 12.3. The van der Waals surface area contributed by atoms with Crippen LogP contribution in [-0.4, -0.2) is 37.2 Å². The van der Waals surface area contributed by atoms with Crippen molar-refractivity contribution >= 4 is 17.9 Å². The van der Waals surface area contributed by atoms with E-state index in [1.165, 1.54) is 173 Å². The summed E-state index contributed by atoms with van der Waals surface area (Å²) in [6.45, 7) is 6.55. The van der Waals surface area contributed by atoms with Crippen LogP contribution in [0.25, 0.3) is 0 Å². The Kier molecular flexibility index (Phi) is 53.8. The van der Waals surface area contributed by atoms with Crippen molar-refractivity contribution in [2.75, 3.05) is 13.2 Å². The van der Waals surface area contributed by atoms with Gasteiger partial charge in [0.05, 0.1) is 0 Å². The number of carbonyl (C=O) groups is 3. The molecule has 0 saturated heterocycles. The van der Waals surface area contributed by atoms with Gasteiger partial charge in [-0.1, -0.05) is 256 Å². The largest absolute Gasteiger partial charge is 0.462 e. The zero-order valence-corrected chi connectivity index (χ0v) is 44.7. The van der Waals surface area contributed by atoms with Gasteiger partial charge in [0, 0.05) is 19.3 Å². The second kappa shape index (κ2) is 56.0. The first kappa shape index (κ1) is 64.4. The minimum Gasteiger partial charge on any atom is -0.462 e. The summed E-state index contributed by atoms with van der Waals surface area (Å²) >= 11 is 0. The molecule has 0 aliphatic rings. The lowest BCUT2D eigenvalue weighted by atomic mass is 10.0. The molecule has 1 atom stereocenters. The smallest absolute Gasteiger partial charge is 0.306 e. The average Bonchev–Trinajstić information content (AvgIpc) is 3.33. The Bertz CT molecular complexity index is 1170. The van der Waals surface area contributed by atoms with Crippen molar-refractivity contribution in [2.45, 2.75) is 309 Å². The lowest BCUT2D eigenvalue weighted by molar-refractivity contribution is -0.167. The number of hydrogen-bond acceptors (Lipinski definition) is 6. The molecule has 0 aromatic rings. The minimum absolute atomic E-state index is 0.0764. The number of ether oxygens (including phenoxy) is 3. The fourth-order valence-electron chi connectivity index (χ4n) is 8.45. The van der Waals surface area contributed by atoms with Gasteiger partial charge in [0.25, 0.3) is 0 Å². The van der Waals surface area contributed by atoms with Crippen molar-refractivity contribution in [3.05, 3.63) is 48.6 Å². The monoisotopic (exact) mass is 939 g/mol. The molecule has 0 spiro atoms. The van der Waals surface area contributed by atoms with E-state index in [2.05, 4.69) is 69.4 Å². The Morgan fingerprint density at radius 3 is 0.925 bits per heavy atom. The molecule has 0 heterocycles. The first-order valence-electron chi connectivity index (χ1n) is 29.1. The molecule has 6 heteroatoms. The molecule has 0 radical (unpaired) electrons. The van der Waals surface area contributed by atoms with Crippen LogP contribution in [0.4, 0.5) is 0 Å². The number of esters is 3. The molecule has 0 fully saturated rings. The van der Waals surface area contributed by atoms with E-state index in [0.717, 1.165) is 89.9 Å². The standard InChI is InChI=1S/C61H110O6/c1-4-7-10-13-16-19-22-25-28-31-34-36-39-42-45-48-51-54-60(63)66-57-58(67-61(64)55-52-49-46-43-40-37-33-30-27-24-21-18-15-12-9-6-3)56-65-59(62)53-50-47-44-41-38-35-32-29-26-23-20-17-14-11-8-5-2/h7,10,16,19,25,28,30,33,58H,4-6,8-9,11-15,17-18,20-24,26-27,29,31-32,34-57H2,1-3H3/b10-7-,19-16-,28-25-,33-30-. The number of rotatable bonds is 53. The summed E-state index contributed by atoms with van der Waals surface area (Å²) in [5, 5.41) is 0. The maximum absolute atomic E-state index is 12.9. The topological polar surface area (TPSA) is 78.9 Å². The molecule has 1 unspecified atom stereocenters. The van der Waals surface area contributed by atoms with Gasteiger partial charge >= 0.3 is 17.9 Å². The Morgan fingerprint density at radius 2 is 0.582 bits per heavy atom. The first-order valence-corrected chi connectivity index (χ1v) is 29.1. The zero-order valence-electron chi connectivity index (χ0n) is 44.7. The number of unbranched alkanes of at least 4 members (excludes halogenated alkanes) is 34. The number of hydrogen-bond donors (Lipinski definition) is 0. The molecule has 6 nitrogen and oxygen atoms in total. The molecule has 0 saturated carbocycles. The highest BCUT2D eigenvalue weighted by molar-refractivity contribution is 5.71. The third-order valence-corrected chi connectivity index (χ3v) is 12.8. The second-order valence-electron chi connectivity index (χ2n) is 19.5. The van der Waals surface area contributed by atoms with Crippen LogP contribution in [0.1, 0.15) is 303 Å². The Balaban J connectivity index is 4.37. The highest BCUT2D eigenvalue weighted by atomic mass is 16.6. The summed E-state index contributed by atoms with van der Waals surface area (Å²) in [6, 6.07) is 0. The number of carbonyl (C=O) groups excluding carboxylic acids is 3. The van der Waals surface area contributed by atoms with E-state index in [9.17, 15) is 14.4 Å². The predicted molar refractivity (Wildman–Crippen MR) is 289 cm³/mol. The van der Waals surface area contributed by atoms with Gasteiger partial charge in [-0.15, -0.1) is 0 Å². The van der Waals surface area contributed by atoms with E-state index in [1.807, 2.05) is 0 Å². The lowest BCUT2D eigenvalue weighted by Crippen LogP contribution is -2.30. The molecule has 0 rings (SSSR count). The third kappa shape index (κ3) is 54.2. The van der Waals surface area contributed by atoms with E-state index in [-0.39, 0.29) is 31.1 Å². The summed E-state index contributed by atoms with van der Waals surface area (Å²) in [7, 11) is 0.